The third kappa shape index (κ3) is 7.57. The van der Waals surface area contributed by atoms with Crippen LogP contribution in [0.25, 0.3) is 0 Å². The minimum Gasteiger partial charge on any atom is -0.372 e. The molecule has 0 aromatic carbocycles. The van der Waals surface area contributed by atoms with E-state index in [1.807, 2.05) is 0 Å². The van der Waals surface area contributed by atoms with Crippen LogP contribution in [0.15, 0.2) is 0 Å². The maximum atomic E-state index is 14.4. The van der Waals surface area contributed by atoms with Crippen molar-refractivity contribution >= 4 is 5.78 Å². The van der Waals surface area contributed by atoms with Gasteiger partial charge in [0, 0.05) is 23.9 Å². The summed E-state index contributed by atoms with van der Waals surface area (Å²) in [7, 11) is 0. The average Bonchev–Trinajstić information content (AvgIpc) is 3.03. The van der Waals surface area contributed by atoms with Crippen molar-refractivity contribution in [3.05, 3.63) is 0 Å². The van der Waals surface area contributed by atoms with Crippen molar-refractivity contribution < 1.29 is 84.5 Å². The van der Waals surface area contributed by atoms with Gasteiger partial charge in [-0.25, -0.2) is 0 Å². The van der Waals surface area contributed by atoms with E-state index < -0.39 is 90.8 Å². The van der Waals surface area contributed by atoms with Crippen molar-refractivity contribution in [3.8, 4) is 0 Å². The topological polar surface area (TPSA) is 87.6 Å². The van der Waals surface area contributed by atoms with Crippen LogP contribution in [0.5, 0.6) is 0 Å². The normalized spacial score (nSPS) is 27.8. The molecule has 3 aliphatic rings. The van der Waals surface area contributed by atoms with Crippen LogP contribution in [0.4, 0.5) is 70.2 Å². The molecule has 294 valence electrons. The first-order chi connectivity index (χ1) is 22.6. The summed E-state index contributed by atoms with van der Waals surface area (Å²) in [5.74, 6) is -63.1. The van der Waals surface area contributed by atoms with Gasteiger partial charge >= 0.3 is 47.4 Å². The summed E-state index contributed by atoms with van der Waals surface area (Å²) in [6, 6.07) is -1.90. The first-order valence-corrected chi connectivity index (χ1v) is 15.9. The van der Waals surface area contributed by atoms with E-state index in [9.17, 15) is 75.0 Å². The second kappa shape index (κ2) is 14.7. The number of ether oxygens (including phenoxy) is 2. The SMILES string of the molecule is NC1CCC(OCC(F)(F)C(F)(F)C(F)(F)C(F)(F)C(F)(F)C(F)(F)C(F)(F)C(F)(F)COC2CCC(C(=O)C3CCCCC3)CC2)C(N)C1. The van der Waals surface area contributed by atoms with Gasteiger partial charge in [-0.05, 0) is 57.8 Å². The Hall–Kier alpha value is -1.61. The van der Waals surface area contributed by atoms with Gasteiger partial charge < -0.3 is 20.9 Å². The lowest BCUT2D eigenvalue weighted by molar-refractivity contribution is -0.455. The quantitative estimate of drug-likeness (QED) is 0.165. The fourth-order valence-electron chi connectivity index (χ4n) is 6.52. The average molecular weight is 767 g/mol. The number of Topliss-reactive ketones (excluding diaryl/α,β-unsaturated/α-hetero) is 1. The lowest BCUT2D eigenvalue weighted by atomic mass is 9.76. The molecule has 0 spiro atoms. The summed E-state index contributed by atoms with van der Waals surface area (Å²) in [4.78, 5) is 12.7. The number of hydrogen-bond acceptors (Lipinski definition) is 5. The van der Waals surface area contributed by atoms with E-state index in [1.54, 1.807) is 0 Å². The number of nitrogens with two attached hydrogens (primary N) is 2. The van der Waals surface area contributed by atoms with E-state index in [2.05, 4.69) is 9.47 Å². The lowest BCUT2D eigenvalue weighted by Crippen LogP contribution is -2.75. The van der Waals surface area contributed by atoms with Crippen LogP contribution in [0.3, 0.4) is 0 Å². The Morgan fingerprint density at radius 2 is 0.900 bits per heavy atom. The number of alkyl halides is 16. The zero-order chi connectivity index (χ0) is 38.4. The number of halogens is 16. The van der Waals surface area contributed by atoms with Crippen molar-refractivity contribution in [2.24, 2.45) is 23.3 Å². The molecule has 50 heavy (non-hydrogen) atoms. The molecule has 0 aromatic rings. The molecule has 0 heterocycles. The second-order valence-electron chi connectivity index (χ2n) is 13.5. The van der Waals surface area contributed by atoms with Gasteiger partial charge in [-0.15, -0.1) is 0 Å². The number of hydrogen-bond donors (Lipinski definition) is 2. The molecule has 0 amide bonds. The third-order valence-electron chi connectivity index (χ3n) is 9.83. The standard InChI is InChI=1S/C29H38F16N2O3/c30-22(31,13-49-18-9-6-16(7-10-18)21(48)15-4-2-1-3-5-15)24(34,35)26(38,39)28(42,43)29(44,45)27(40,41)25(36,37)23(32,33)14-50-20-11-8-17(46)12-19(20)47/h15-20H,1-14,46-47H2. The van der Waals surface area contributed by atoms with Gasteiger partial charge in [-0.3, -0.25) is 4.79 Å². The Labute approximate surface area is 276 Å². The maximum Gasteiger partial charge on any atom is 0.385 e. The fraction of sp³-hybridized carbons (Fsp3) is 0.966. The molecular weight excluding hydrogens is 728 g/mol. The van der Waals surface area contributed by atoms with Crippen LogP contribution < -0.4 is 11.5 Å². The number of carbonyl (C=O) groups excluding carboxylic acids is 1. The van der Waals surface area contributed by atoms with Crippen molar-refractivity contribution in [1.82, 2.24) is 0 Å². The van der Waals surface area contributed by atoms with Crippen molar-refractivity contribution in [2.75, 3.05) is 13.2 Å². The van der Waals surface area contributed by atoms with E-state index in [1.165, 1.54) is 0 Å². The van der Waals surface area contributed by atoms with Gasteiger partial charge in [0.25, 0.3) is 0 Å². The largest absolute Gasteiger partial charge is 0.385 e. The maximum absolute atomic E-state index is 14.4. The van der Waals surface area contributed by atoms with Gasteiger partial charge in [-0.2, -0.15) is 70.2 Å². The molecule has 3 atom stereocenters. The highest BCUT2D eigenvalue weighted by atomic mass is 19.4. The van der Waals surface area contributed by atoms with Gasteiger partial charge in [-0.1, -0.05) is 19.3 Å². The molecular formula is C29H38F16N2O3. The monoisotopic (exact) mass is 766 g/mol. The zero-order valence-corrected chi connectivity index (χ0v) is 26.3. The highest BCUT2D eigenvalue weighted by Crippen LogP contribution is 2.64. The Kier molecular flexibility index (Phi) is 12.6. The summed E-state index contributed by atoms with van der Waals surface area (Å²) in [6.07, 6.45) is -0.349. The molecule has 3 fully saturated rings. The fourth-order valence-corrected chi connectivity index (χ4v) is 6.52. The molecule has 3 rings (SSSR count). The molecule has 0 aliphatic heterocycles. The molecule has 5 nitrogen and oxygen atoms in total. The highest BCUT2D eigenvalue weighted by molar-refractivity contribution is 5.83. The second-order valence-corrected chi connectivity index (χ2v) is 13.5. The van der Waals surface area contributed by atoms with Gasteiger partial charge in [0.15, 0.2) is 0 Å². The number of carbonyl (C=O) groups is 1. The third-order valence-corrected chi connectivity index (χ3v) is 9.83. The number of rotatable bonds is 15. The van der Waals surface area contributed by atoms with Crippen LogP contribution in [0.2, 0.25) is 0 Å². The van der Waals surface area contributed by atoms with Crippen LogP contribution in [0.1, 0.15) is 77.0 Å². The summed E-state index contributed by atoms with van der Waals surface area (Å²) in [5, 5.41) is 0. The minimum absolute atomic E-state index is 0.0109. The Morgan fingerprint density at radius 1 is 0.500 bits per heavy atom. The minimum atomic E-state index is -8.52. The summed E-state index contributed by atoms with van der Waals surface area (Å²) in [5.41, 5.74) is 11.0. The van der Waals surface area contributed by atoms with Crippen LogP contribution in [0, 0.1) is 11.8 Å². The Bertz CT molecular complexity index is 1160. The summed E-state index contributed by atoms with van der Waals surface area (Å²) < 4.78 is 238. The smallest absolute Gasteiger partial charge is 0.372 e. The molecule has 0 bridgehead atoms. The first kappa shape index (κ1) is 42.8. The van der Waals surface area contributed by atoms with Crippen molar-refractivity contribution in [2.45, 2.75) is 149 Å². The Balaban J connectivity index is 1.72. The summed E-state index contributed by atoms with van der Waals surface area (Å²) in [6.45, 7) is -5.78. The van der Waals surface area contributed by atoms with Crippen LogP contribution in [-0.4, -0.2) is 90.7 Å². The van der Waals surface area contributed by atoms with Gasteiger partial charge in [0.2, 0.25) is 0 Å². The summed E-state index contributed by atoms with van der Waals surface area (Å²) >= 11 is 0. The molecule has 0 aromatic heterocycles. The first-order valence-electron chi connectivity index (χ1n) is 15.9. The molecule has 0 radical (unpaired) electrons. The van der Waals surface area contributed by atoms with Crippen LogP contribution >= 0.6 is 0 Å². The van der Waals surface area contributed by atoms with Crippen LogP contribution in [-0.2, 0) is 14.3 Å². The van der Waals surface area contributed by atoms with E-state index in [0.717, 1.165) is 19.3 Å². The zero-order valence-electron chi connectivity index (χ0n) is 26.3. The molecule has 3 unspecified atom stereocenters. The van der Waals surface area contributed by atoms with Crippen molar-refractivity contribution in [3.63, 3.8) is 0 Å². The van der Waals surface area contributed by atoms with E-state index >= 15 is 0 Å². The molecule has 3 aliphatic carbocycles. The molecule has 3 saturated carbocycles. The Morgan fingerprint density at radius 3 is 1.34 bits per heavy atom. The highest BCUT2D eigenvalue weighted by Gasteiger charge is 2.94. The number of ketones is 1. The van der Waals surface area contributed by atoms with Gasteiger partial charge in [0.1, 0.15) is 19.0 Å². The van der Waals surface area contributed by atoms with E-state index in [4.69, 9.17) is 11.5 Å². The van der Waals surface area contributed by atoms with E-state index in [0.29, 0.717) is 12.8 Å². The molecule has 21 heteroatoms. The van der Waals surface area contributed by atoms with Crippen molar-refractivity contribution in [1.29, 1.82) is 0 Å². The van der Waals surface area contributed by atoms with E-state index in [-0.39, 0.29) is 56.6 Å². The molecule has 0 saturated heterocycles. The predicted octanol–water partition coefficient (Wildman–Crippen LogP) is 8.02. The molecule has 4 N–H and O–H groups in total. The van der Waals surface area contributed by atoms with Gasteiger partial charge in [0.05, 0.1) is 12.2 Å². The predicted molar refractivity (Wildman–Crippen MR) is 142 cm³/mol. The lowest BCUT2D eigenvalue weighted by Gasteiger charge is -2.44.